The highest BCUT2D eigenvalue weighted by Crippen LogP contribution is 2.37. The van der Waals surface area contributed by atoms with Gasteiger partial charge in [-0.05, 0) is 49.8 Å². The molecule has 0 bridgehead atoms. The van der Waals surface area contributed by atoms with Crippen LogP contribution in [0, 0.1) is 0 Å². The van der Waals surface area contributed by atoms with Crippen molar-refractivity contribution in [1.82, 2.24) is 14.6 Å². The molecule has 4 rings (SSSR count). The number of aromatic nitrogens is 3. The average Bonchev–Trinajstić information content (AvgIpc) is 3.13. The molecule has 1 atom stereocenters. The lowest BCUT2D eigenvalue weighted by molar-refractivity contribution is -0.136. The zero-order chi connectivity index (χ0) is 22.7. The maximum Gasteiger partial charge on any atom is 0.307 e. The number of methoxy groups -OCH3 is 1. The molecule has 8 heteroatoms. The highest BCUT2D eigenvalue weighted by Gasteiger charge is 2.25. The second kappa shape index (κ2) is 9.67. The third kappa shape index (κ3) is 4.92. The second-order valence-corrected chi connectivity index (χ2v) is 8.64. The van der Waals surface area contributed by atoms with Crippen LogP contribution in [0.5, 0.6) is 0 Å². The molecule has 8 nitrogen and oxygen atoms in total. The smallest absolute Gasteiger partial charge is 0.307 e. The monoisotopic (exact) mass is 438 g/mol. The number of carbonyl (C=O) groups is 1. The lowest BCUT2D eigenvalue weighted by atomic mass is 9.85. The zero-order valence-electron chi connectivity index (χ0n) is 18.5. The highest BCUT2D eigenvalue weighted by molar-refractivity contribution is 5.82. The fourth-order valence-electron chi connectivity index (χ4n) is 4.46. The molecule has 1 fully saturated rings. The lowest BCUT2D eigenvalue weighted by Crippen LogP contribution is -2.23. The molecule has 170 valence electrons. The van der Waals surface area contributed by atoms with Gasteiger partial charge < -0.3 is 20.3 Å². The summed E-state index contributed by atoms with van der Waals surface area (Å²) < 4.78 is 7.17. The molecule has 2 heterocycles. The molecule has 3 N–H and O–H groups in total. The summed E-state index contributed by atoms with van der Waals surface area (Å²) in [5.74, 6) is 0.00755. The van der Waals surface area contributed by atoms with Crippen molar-refractivity contribution in [2.45, 2.75) is 57.1 Å². The maximum atomic E-state index is 11.0. The largest absolute Gasteiger partial charge is 0.481 e. The van der Waals surface area contributed by atoms with Gasteiger partial charge in [0.1, 0.15) is 0 Å². The van der Waals surface area contributed by atoms with Crippen LogP contribution in [0.15, 0.2) is 36.5 Å². The van der Waals surface area contributed by atoms with Crippen LogP contribution in [0.25, 0.3) is 16.6 Å². The summed E-state index contributed by atoms with van der Waals surface area (Å²) in [5.41, 5.74) is 4.80. The van der Waals surface area contributed by atoms with Crippen molar-refractivity contribution in [3.05, 3.63) is 47.8 Å². The number of ether oxygens (including phenoxy) is 1. The number of nitrogens with one attached hydrogen (secondary N) is 1. The number of carboxylic acid groups (broad SMARTS) is 1. The van der Waals surface area contributed by atoms with Crippen molar-refractivity contribution in [2.24, 2.45) is 0 Å². The zero-order valence-corrected chi connectivity index (χ0v) is 18.5. The third-order valence-electron chi connectivity index (χ3n) is 6.07. The predicted molar refractivity (Wildman–Crippen MR) is 122 cm³/mol. The van der Waals surface area contributed by atoms with Gasteiger partial charge >= 0.3 is 5.97 Å². The molecule has 0 spiro atoms. The molecule has 2 aromatic heterocycles. The Hall–Kier alpha value is -2.97. The number of aliphatic hydroxyl groups is 1. The molecule has 1 saturated carbocycles. The first-order chi connectivity index (χ1) is 15.4. The van der Waals surface area contributed by atoms with Gasteiger partial charge in [-0.3, -0.25) is 4.79 Å². The van der Waals surface area contributed by atoms with E-state index in [2.05, 4.69) is 16.4 Å². The van der Waals surface area contributed by atoms with E-state index in [4.69, 9.17) is 14.9 Å². The van der Waals surface area contributed by atoms with Crippen molar-refractivity contribution in [1.29, 1.82) is 0 Å². The first-order valence-electron chi connectivity index (χ1n) is 11.1. The van der Waals surface area contributed by atoms with Crippen molar-refractivity contribution in [3.63, 3.8) is 0 Å². The molecule has 1 aliphatic carbocycles. The predicted octanol–water partition coefficient (Wildman–Crippen LogP) is 3.49. The molecular formula is C24H30N4O4. The van der Waals surface area contributed by atoms with Gasteiger partial charge in [0.25, 0.3) is 0 Å². The third-order valence-corrected chi connectivity index (χ3v) is 6.07. The molecule has 0 radical (unpaired) electrons. The van der Waals surface area contributed by atoms with Gasteiger partial charge in [-0.1, -0.05) is 24.3 Å². The average molecular weight is 439 g/mol. The van der Waals surface area contributed by atoms with Crippen LogP contribution in [-0.4, -0.2) is 56.6 Å². The Bertz CT molecular complexity index is 1070. The van der Waals surface area contributed by atoms with Crippen molar-refractivity contribution in [3.8, 4) is 11.1 Å². The fraction of sp³-hybridized carbons (Fsp3) is 0.458. The van der Waals surface area contributed by atoms with Crippen LogP contribution in [0.3, 0.4) is 0 Å². The molecule has 1 aromatic carbocycles. The van der Waals surface area contributed by atoms with Gasteiger partial charge in [0, 0.05) is 30.3 Å². The molecule has 3 aromatic rings. The van der Waals surface area contributed by atoms with E-state index in [-0.39, 0.29) is 18.6 Å². The summed E-state index contributed by atoms with van der Waals surface area (Å²) in [6, 6.07) is 9.85. The van der Waals surface area contributed by atoms with Crippen LogP contribution >= 0.6 is 0 Å². The Labute approximate surface area is 187 Å². The van der Waals surface area contributed by atoms with E-state index in [1.54, 1.807) is 7.11 Å². The number of fused-ring (bicyclic) bond motifs is 1. The van der Waals surface area contributed by atoms with Crippen molar-refractivity contribution < 1.29 is 19.7 Å². The normalized spacial score (nSPS) is 19.7. The Balaban J connectivity index is 1.73. The van der Waals surface area contributed by atoms with Crippen molar-refractivity contribution >= 4 is 17.4 Å². The second-order valence-electron chi connectivity index (χ2n) is 8.64. The number of hydrogen-bond acceptors (Lipinski definition) is 6. The molecule has 0 unspecified atom stereocenters. The van der Waals surface area contributed by atoms with Crippen LogP contribution in [0.4, 0.5) is 5.95 Å². The van der Waals surface area contributed by atoms with E-state index in [0.29, 0.717) is 18.5 Å². The summed E-state index contributed by atoms with van der Waals surface area (Å²) in [6.07, 6.45) is 5.02. The van der Waals surface area contributed by atoms with Gasteiger partial charge in [0.15, 0.2) is 0 Å². The lowest BCUT2D eigenvalue weighted by Gasteiger charge is -2.25. The Kier molecular flexibility index (Phi) is 6.72. The van der Waals surface area contributed by atoms with Gasteiger partial charge in [-0.2, -0.15) is 0 Å². The minimum absolute atomic E-state index is 0.00421. The number of aliphatic hydroxyl groups excluding tert-OH is 1. The standard InChI is InChI=1S/C24H30N4O4/c1-15(14-32-2)26-24-25-13-22-20(17-5-3-16(4-6-17)11-23(30)31)12-21(28(22)27-24)18-7-9-19(29)10-8-18/h3-6,12-13,15,18-19,29H,7-11,14H2,1-2H3,(H,26,27)(H,30,31)/t15-,18-,19-/m0/s1. The van der Waals surface area contributed by atoms with Crippen molar-refractivity contribution in [2.75, 3.05) is 19.0 Å². The SMILES string of the molecule is COC[C@H](C)Nc1ncc2c(-c3ccc(CC(=O)O)cc3)cc([C@H]3CC[C@H](O)CC3)n2n1. The van der Waals surface area contributed by atoms with Crippen LogP contribution < -0.4 is 5.32 Å². The Morgan fingerprint density at radius 3 is 2.62 bits per heavy atom. The number of benzene rings is 1. The van der Waals surface area contributed by atoms with Gasteiger partial charge in [-0.25, -0.2) is 9.50 Å². The van der Waals surface area contributed by atoms with E-state index in [0.717, 1.165) is 53.6 Å². The minimum atomic E-state index is -0.843. The highest BCUT2D eigenvalue weighted by atomic mass is 16.5. The Morgan fingerprint density at radius 2 is 1.97 bits per heavy atom. The molecular weight excluding hydrogens is 408 g/mol. The summed E-state index contributed by atoms with van der Waals surface area (Å²) in [4.78, 5) is 15.5. The van der Waals surface area contributed by atoms with Crippen LogP contribution in [-0.2, 0) is 16.0 Å². The van der Waals surface area contributed by atoms with Crippen LogP contribution in [0.2, 0.25) is 0 Å². The first kappa shape index (κ1) is 22.2. The Morgan fingerprint density at radius 1 is 1.25 bits per heavy atom. The fourth-order valence-corrected chi connectivity index (χ4v) is 4.46. The maximum absolute atomic E-state index is 11.0. The molecule has 1 aliphatic rings. The van der Waals surface area contributed by atoms with E-state index < -0.39 is 5.97 Å². The molecule has 32 heavy (non-hydrogen) atoms. The number of hydrogen-bond donors (Lipinski definition) is 3. The quantitative estimate of drug-likeness (QED) is 0.494. The van der Waals surface area contributed by atoms with Crippen LogP contribution in [0.1, 0.15) is 49.8 Å². The minimum Gasteiger partial charge on any atom is -0.481 e. The van der Waals surface area contributed by atoms with E-state index in [9.17, 15) is 9.90 Å². The topological polar surface area (TPSA) is 109 Å². The van der Waals surface area contributed by atoms with Gasteiger partial charge in [-0.15, -0.1) is 5.10 Å². The molecule has 0 amide bonds. The summed E-state index contributed by atoms with van der Waals surface area (Å²) >= 11 is 0. The molecule has 0 aliphatic heterocycles. The number of carboxylic acids is 1. The number of aliphatic carboxylic acids is 1. The summed E-state index contributed by atoms with van der Waals surface area (Å²) in [5, 5.41) is 27.1. The number of nitrogens with zero attached hydrogens (tertiary/aromatic N) is 3. The summed E-state index contributed by atoms with van der Waals surface area (Å²) in [7, 11) is 1.66. The first-order valence-corrected chi connectivity index (χ1v) is 11.1. The number of rotatable bonds is 8. The van der Waals surface area contributed by atoms with Gasteiger partial charge in [0.2, 0.25) is 5.95 Å². The number of anilines is 1. The van der Waals surface area contributed by atoms with Gasteiger partial charge in [0.05, 0.1) is 30.8 Å². The van der Waals surface area contributed by atoms with E-state index in [1.165, 1.54) is 0 Å². The van der Waals surface area contributed by atoms with E-state index in [1.807, 2.05) is 41.9 Å². The van der Waals surface area contributed by atoms with E-state index >= 15 is 0 Å². The summed E-state index contributed by atoms with van der Waals surface area (Å²) in [6.45, 7) is 2.56. The molecule has 0 saturated heterocycles.